The standard InChI is InChI=1S/C7H16N.Al.2H/c1-4-5-6-7(2)8-3;;;/h7H,4-6H2,1-3H3;;;/q-1;+1;;. The Balaban J connectivity index is 3.16. The van der Waals surface area contributed by atoms with Crippen molar-refractivity contribution in [3.8, 4) is 0 Å². The maximum Gasteiger partial charge on any atom is 0.321 e. The quantitative estimate of drug-likeness (QED) is 0.532. The maximum absolute atomic E-state index is 2.41. The van der Waals surface area contributed by atoms with Crippen LogP contribution >= 0.6 is 0 Å². The Hall–Kier alpha value is 0.492. The summed E-state index contributed by atoms with van der Waals surface area (Å²) in [5.41, 5.74) is 0. The summed E-state index contributed by atoms with van der Waals surface area (Å²) >= 11 is 1.20. The molecule has 0 radical (unpaired) electrons. The highest BCUT2D eigenvalue weighted by Crippen LogP contribution is 2.02. The van der Waals surface area contributed by atoms with Crippen molar-refractivity contribution in [3.63, 3.8) is 0 Å². The van der Waals surface area contributed by atoms with Crippen molar-refractivity contribution < 1.29 is 0 Å². The molecule has 0 saturated carbocycles. The summed E-state index contributed by atoms with van der Waals surface area (Å²) in [6, 6.07) is 0.816. The minimum atomic E-state index is 0.816. The molecule has 0 N–H and O–H groups in total. The monoisotopic (exact) mass is 143 g/mol. The fourth-order valence-electron chi connectivity index (χ4n) is 0.758. The fraction of sp³-hybridized carbons (Fsp3) is 1.00. The van der Waals surface area contributed by atoms with Gasteiger partial charge in [0.05, 0.1) is 0 Å². The van der Waals surface area contributed by atoms with E-state index in [4.69, 9.17) is 0 Å². The molecule has 0 aliphatic rings. The van der Waals surface area contributed by atoms with Crippen LogP contribution in [0.5, 0.6) is 0 Å². The van der Waals surface area contributed by atoms with Gasteiger partial charge in [0.15, 0.2) is 0 Å². The van der Waals surface area contributed by atoms with Crippen molar-refractivity contribution >= 4 is 16.5 Å². The fourth-order valence-corrected chi connectivity index (χ4v) is 1.02. The summed E-state index contributed by atoms with van der Waals surface area (Å²) in [7, 11) is 2.20. The van der Waals surface area contributed by atoms with Crippen LogP contribution in [0.15, 0.2) is 0 Å². The van der Waals surface area contributed by atoms with Crippen molar-refractivity contribution in [1.82, 2.24) is 3.88 Å². The number of rotatable bonds is 4. The van der Waals surface area contributed by atoms with Gasteiger partial charge >= 0.3 is 16.5 Å². The van der Waals surface area contributed by atoms with Gasteiger partial charge in [0.1, 0.15) is 0 Å². The summed E-state index contributed by atoms with van der Waals surface area (Å²) in [6.45, 7) is 4.56. The van der Waals surface area contributed by atoms with Crippen LogP contribution in [-0.2, 0) is 0 Å². The lowest BCUT2D eigenvalue weighted by Crippen LogP contribution is -2.25. The first-order valence-corrected chi connectivity index (χ1v) is 4.74. The van der Waals surface area contributed by atoms with E-state index in [-0.39, 0.29) is 0 Å². The molecule has 54 valence electrons. The third-order valence-electron chi connectivity index (χ3n) is 1.86. The lowest BCUT2D eigenvalue weighted by molar-refractivity contribution is 0.387. The van der Waals surface area contributed by atoms with E-state index >= 15 is 0 Å². The van der Waals surface area contributed by atoms with Crippen LogP contribution in [0, 0.1) is 0 Å². The van der Waals surface area contributed by atoms with E-state index in [0.717, 1.165) is 6.04 Å². The second-order valence-electron chi connectivity index (χ2n) is 2.95. The molecule has 0 fully saturated rings. The molecular weight excluding hydrogens is 125 g/mol. The van der Waals surface area contributed by atoms with E-state index in [0.29, 0.717) is 0 Å². The van der Waals surface area contributed by atoms with Crippen LogP contribution in [0.1, 0.15) is 33.1 Å². The zero-order valence-corrected chi connectivity index (χ0v) is 9.15. The summed E-state index contributed by atoms with van der Waals surface area (Å²) in [6.07, 6.45) is 4.09. The first kappa shape index (κ1) is 9.49. The summed E-state index contributed by atoms with van der Waals surface area (Å²) in [5, 5.41) is 0. The molecule has 0 aromatic heterocycles. The Kier molecular flexibility index (Phi) is 5.58. The Morgan fingerprint density at radius 1 is 1.56 bits per heavy atom. The summed E-state index contributed by atoms with van der Waals surface area (Å²) < 4.78 is 2.41. The van der Waals surface area contributed by atoms with Crippen LogP contribution in [0.2, 0.25) is 0 Å². The molecule has 0 amide bonds. The van der Waals surface area contributed by atoms with Gasteiger partial charge in [-0.1, -0.05) is 26.7 Å². The normalized spacial score (nSPS) is 14.2. The zero-order chi connectivity index (χ0) is 7.28. The van der Waals surface area contributed by atoms with Crippen LogP contribution < -0.4 is 0 Å². The molecule has 1 atom stereocenters. The molecule has 0 spiro atoms. The molecule has 2 heteroatoms. The minimum absolute atomic E-state index is 0.816. The van der Waals surface area contributed by atoms with E-state index in [1.54, 1.807) is 0 Å². The van der Waals surface area contributed by atoms with E-state index in [9.17, 15) is 0 Å². The van der Waals surface area contributed by atoms with Gasteiger partial charge in [0.2, 0.25) is 0 Å². The third kappa shape index (κ3) is 4.96. The van der Waals surface area contributed by atoms with Crippen molar-refractivity contribution in [1.29, 1.82) is 0 Å². The Bertz CT molecular complexity index is 63.9. The molecule has 0 bridgehead atoms. The van der Waals surface area contributed by atoms with Gasteiger partial charge in [-0.25, -0.2) is 0 Å². The average molecular weight is 143 g/mol. The van der Waals surface area contributed by atoms with Crippen LogP contribution in [0.4, 0.5) is 0 Å². The van der Waals surface area contributed by atoms with Gasteiger partial charge in [-0.3, -0.25) is 0 Å². The highest BCUT2D eigenvalue weighted by Gasteiger charge is 2.00. The van der Waals surface area contributed by atoms with Gasteiger partial charge in [-0.2, -0.15) is 0 Å². The zero-order valence-electron chi connectivity index (χ0n) is 7.15. The molecule has 0 aromatic rings. The summed E-state index contributed by atoms with van der Waals surface area (Å²) in [5.74, 6) is 0. The van der Waals surface area contributed by atoms with E-state index in [1.807, 2.05) is 0 Å². The molecule has 1 unspecified atom stereocenters. The lowest BCUT2D eigenvalue weighted by Gasteiger charge is -2.20. The molecule has 9 heavy (non-hydrogen) atoms. The SMILES string of the molecule is CCCCC(C)[N](C)[AlH2]. The topological polar surface area (TPSA) is 3.24 Å². The average Bonchev–Trinajstić information content (AvgIpc) is 1.82. The number of hydrogen-bond acceptors (Lipinski definition) is 1. The van der Waals surface area contributed by atoms with Gasteiger partial charge in [-0.05, 0) is 19.5 Å². The third-order valence-corrected chi connectivity index (χ3v) is 2.74. The van der Waals surface area contributed by atoms with E-state index < -0.39 is 0 Å². The lowest BCUT2D eigenvalue weighted by atomic mass is 10.1. The second kappa shape index (κ2) is 5.29. The van der Waals surface area contributed by atoms with Gasteiger partial charge in [-0.15, -0.1) is 0 Å². The Labute approximate surface area is 67.1 Å². The first-order chi connectivity index (χ1) is 4.18. The van der Waals surface area contributed by atoms with E-state index in [1.165, 1.54) is 35.8 Å². The second-order valence-corrected chi connectivity index (χ2v) is 4.37. The molecule has 0 aliphatic heterocycles. The molecule has 0 rings (SSSR count). The van der Waals surface area contributed by atoms with Crippen LogP contribution in [0.3, 0.4) is 0 Å². The van der Waals surface area contributed by atoms with Crippen molar-refractivity contribution in [2.24, 2.45) is 0 Å². The highest BCUT2D eigenvalue weighted by molar-refractivity contribution is 6.04. The first-order valence-electron chi connectivity index (χ1n) is 3.85. The van der Waals surface area contributed by atoms with Gasteiger partial charge in [0.25, 0.3) is 0 Å². The van der Waals surface area contributed by atoms with Gasteiger partial charge < -0.3 is 3.88 Å². The molecular formula is C7H18AlN. The molecule has 0 saturated heterocycles. The van der Waals surface area contributed by atoms with Crippen molar-refractivity contribution in [2.75, 3.05) is 7.05 Å². The smallest absolute Gasteiger partial charge is 0.321 e. The number of hydrogen-bond donors (Lipinski definition) is 0. The van der Waals surface area contributed by atoms with Crippen LogP contribution in [0.25, 0.3) is 0 Å². The van der Waals surface area contributed by atoms with Crippen molar-refractivity contribution in [2.45, 2.75) is 39.2 Å². The van der Waals surface area contributed by atoms with Gasteiger partial charge in [0, 0.05) is 0 Å². The predicted octanol–water partition coefficient (Wildman–Crippen LogP) is 1.04. The summed E-state index contributed by atoms with van der Waals surface area (Å²) in [4.78, 5) is 0. The predicted molar refractivity (Wildman–Crippen MR) is 45.3 cm³/mol. The minimum Gasteiger partial charge on any atom is -0.391 e. The maximum atomic E-state index is 2.41. The molecule has 0 heterocycles. The number of unbranched alkanes of at least 4 members (excludes halogenated alkanes) is 1. The molecule has 1 nitrogen and oxygen atoms in total. The van der Waals surface area contributed by atoms with Crippen molar-refractivity contribution in [3.05, 3.63) is 0 Å². The number of nitrogens with zero attached hydrogens (tertiary/aromatic N) is 1. The Morgan fingerprint density at radius 3 is 2.44 bits per heavy atom. The van der Waals surface area contributed by atoms with E-state index in [2.05, 4.69) is 24.8 Å². The largest absolute Gasteiger partial charge is 0.391 e. The van der Waals surface area contributed by atoms with Crippen LogP contribution in [-0.4, -0.2) is 33.5 Å². The molecule has 0 aliphatic carbocycles. The Morgan fingerprint density at radius 2 is 2.11 bits per heavy atom. The molecule has 0 aromatic carbocycles. The highest BCUT2D eigenvalue weighted by atomic mass is 27.1.